The summed E-state index contributed by atoms with van der Waals surface area (Å²) in [5.41, 5.74) is -0.377. The highest BCUT2D eigenvalue weighted by Crippen LogP contribution is 2.57. The number of fused-ring (bicyclic) bond motifs is 2. The van der Waals surface area contributed by atoms with Gasteiger partial charge in [0.2, 0.25) is 21.8 Å². The van der Waals surface area contributed by atoms with Crippen LogP contribution in [0.2, 0.25) is 0 Å². The van der Waals surface area contributed by atoms with Crippen molar-refractivity contribution in [3.63, 3.8) is 0 Å². The lowest BCUT2D eigenvalue weighted by Gasteiger charge is -2.29. The molecule has 0 aromatic carbocycles. The van der Waals surface area contributed by atoms with Gasteiger partial charge < -0.3 is 15.3 Å². The lowest BCUT2D eigenvalue weighted by atomic mass is 9.91. The van der Waals surface area contributed by atoms with Crippen molar-refractivity contribution >= 4 is 44.1 Å². The van der Waals surface area contributed by atoms with Crippen LogP contribution in [-0.2, 0) is 29.8 Å². The third-order valence-corrected chi connectivity index (χ3v) is 12.4. The molecule has 1 aromatic heterocycles. The lowest BCUT2D eigenvalue weighted by molar-refractivity contribution is -0.139. The second kappa shape index (κ2) is 11.3. The van der Waals surface area contributed by atoms with E-state index in [1.165, 1.54) is 16.2 Å². The Bertz CT molecular complexity index is 1360. The topological polar surface area (TPSA) is 146 Å². The number of carbonyl (C=O) groups is 3. The van der Waals surface area contributed by atoms with Gasteiger partial charge in [-0.05, 0) is 51.4 Å². The minimum atomic E-state index is -3.86. The normalized spacial score (nSPS) is 32.6. The molecule has 5 rings (SSSR count). The maximum absolute atomic E-state index is 14.0. The Hall–Kier alpha value is -2.31. The molecule has 0 unspecified atom stereocenters. The molecule has 5 atom stereocenters. The van der Waals surface area contributed by atoms with E-state index in [0.29, 0.717) is 30.8 Å². The summed E-state index contributed by atoms with van der Waals surface area (Å²) < 4.78 is 27.1. The number of hydrogen-bond acceptors (Lipinski definition) is 9. The molecular weight excluding hydrogens is 576 g/mol. The van der Waals surface area contributed by atoms with Crippen LogP contribution < -0.4 is 10.0 Å². The van der Waals surface area contributed by atoms with E-state index in [1.54, 1.807) is 6.92 Å². The van der Waals surface area contributed by atoms with Crippen molar-refractivity contribution in [2.45, 2.75) is 120 Å². The molecule has 2 amide bonds. The van der Waals surface area contributed by atoms with E-state index in [1.807, 2.05) is 17.5 Å². The molecule has 10 nitrogen and oxygen atoms in total. The highest BCUT2D eigenvalue weighted by molar-refractivity contribution is 7.91. The number of nitrogens with zero attached hydrogens (tertiary/aromatic N) is 2. The van der Waals surface area contributed by atoms with Crippen LogP contribution >= 0.6 is 11.3 Å². The predicted octanol–water partition coefficient (Wildman–Crippen LogP) is 3.67. The summed E-state index contributed by atoms with van der Waals surface area (Å²) in [7, 11) is -3.86. The maximum Gasteiger partial charge on any atom is 0.245 e. The first kappa shape index (κ1) is 31.1. The van der Waals surface area contributed by atoms with E-state index >= 15 is 0 Å². The van der Waals surface area contributed by atoms with Crippen LogP contribution in [0, 0.1) is 11.3 Å². The van der Waals surface area contributed by atoms with Crippen molar-refractivity contribution < 1.29 is 27.9 Å². The first-order valence-electron chi connectivity index (χ1n) is 15.1. The number of aromatic nitrogens is 1. The standard InChI is InChI=1S/C30H44N4O6S2/c1-28(2,3)24-18-41-27(32-24)31-21-11-9-7-5-6-8-10-19-15-30(19,26(38)33-42(39,40)29(4)12-13-29)16-23(36)22-14-20(35)17-34(22)25(21)37/h8,10,18-22,35H,5-7,9,11-17H2,1-4H3,(H,31,32)(H,33,38)/b10-8-/t19-,20-,21+,22+,30-/m1/s1. The van der Waals surface area contributed by atoms with Crippen molar-refractivity contribution in [3.05, 3.63) is 23.2 Å². The maximum atomic E-state index is 14.0. The molecule has 0 bridgehead atoms. The van der Waals surface area contributed by atoms with E-state index in [9.17, 15) is 27.9 Å². The van der Waals surface area contributed by atoms with Crippen molar-refractivity contribution in [1.29, 1.82) is 0 Å². The molecule has 0 spiro atoms. The van der Waals surface area contributed by atoms with Crippen molar-refractivity contribution in [2.24, 2.45) is 11.3 Å². The van der Waals surface area contributed by atoms with E-state index in [-0.39, 0.29) is 42.4 Å². The number of aliphatic hydroxyl groups excluding tert-OH is 1. The summed E-state index contributed by atoms with van der Waals surface area (Å²) in [5, 5.41) is 16.5. The fourth-order valence-electron chi connectivity index (χ4n) is 6.05. The van der Waals surface area contributed by atoms with Gasteiger partial charge in [-0.25, -0.2) is 13.4 Å². The molecule has 3 N–H and O–H groups in total. The number of nitrogens with one attached hydrogen (secondary N) is 2. The molecule has 12 heteroatoms. The molecule has 4 aliphatic rings. The molecule has 42 heavy (non-hydrogen) atoms. The van der Waals surface area contributed by atoms with Gasteiger partial charge in [0, 0.05) is 30.2 Å². The number of amides is 2. The second-order valence-electron chi connectivity index (χ2n) is 13.9. The number of allylic oxidation sites excluding steroid dienone is 2. The third-order valence-electron chi connectivity index (χ3n) is 9.44. The van der Waals surface area contributed by atoms with E-state index in [0.717, 1.165) is 31.4 Å². The Kier molecular flexibility index (Phi) is 8.39. The summed E-state index contributed by atoms with van der Waals surface area (Å²) in [6.45, 7) is 7.90. The molecule has 2 aliphatic carbocycles. The highest BCUT2D eigenvalue weighted by Gasteiger charge is 2.62. The van der Waals surface area contributed by atoms with Crippen LogP contribution in [0.3, 0.4) is 0 Å². The molecule has 232 valence electrons. The fourth-order valence-corrected chi connectivity index (χ4v) is 8.38. The van der Waals surface area contributed by atoms with Gasteiger partial charge in [-0.1, -0.05) is 45.8 Å². The minimum absolute atomic E-state index is 0.0355. The predicted molar refractivity (Wildman–Crippen MR) is 161 cm³/mol. The van der Waals surface area contributed by atoms with Crippen molar-refractivity contribution in [3.8, 4) is 0 Å². The SMILES string of the molecule is CC(C)(C)c1csc(N[C@H]2CCCCC/C=C\[C@@H]3C[C@@]3(C(=O)NS(=O)(=O)C3(C)CC3)CC(=O)[C@@H]3C[C@@H](O)CN3C2=O)n1. The van der Waals surface area contributed by atoms with Crippen molar-refractivity contribution in [1.82, 2.24) is 14.6 Å². The average Bonchev–Trinajstić information content (AvgIpc) is 3.69. The molecular formula is C30H44N4O6S2. The number of aliphatic hydroxyl groups is 1. The summed E-state index contributed by atoms with van der Waals surface area (Å²) >= 11 is 1.44. The monoisotopic (exact) mass is 620 g/mol. The third kappa shape index (κ3) is 6.31. The first-order chi connectivity index (χ1) is 19.7. The zero-order valence-electron chi connectivity index (χ0n) is 25.0. The minimum Gasteiger partial charge on any atom is -0.391 e. The molecule has 1 saturated heterocycles. The summed E-state index contributed by atoms with van der Waals surface area (Å²) in [4.78, 5) is 47.5. The molecule has 0 radical (unpaired) electrons. The van der Waals surface area contributed by atoms with Crippen LogP contribution in [0.1, 0.15) is 97.6 Å². The lowest BCUT2D eigenvalue weighted by Crippen LogP contribution is -2.49. The quantitative estimate of drug-likeness (QED) is 0.423. The molecule has 3 heterocycles. The Morgan fingerprint density at radius 1 is 1.19 bits per heavy atom. The smallest absolute Gasteiger partial charge is 0.245 e. The first-order valence-corrected chi connectivity index (χ1v) is 17.5. The van der Waals surface area contributed by atoms with Crippen LogP contribution in [0.25, 0.3) is 0 Å². The van der Waals surface area contributed by atoms with Gasteiger partial charge >= 0.3 is 0 Å². The molecule has 2 aliphatic heterocycles. The Balaban J connectivity index is 1.39. The Morgan fingerprint density at radius 2 is 1.93 bits per heavy atom. The van der Waals surface area contributed by atoms with Gasteiger partial charge in [-0.15, -0.1) is 11.3 Å². The second-order valence-corrected chi connectivity index (χ2v) is 17.0. The summed E-state index contributed by atoms with van der Waals surface area (Å²) in [6, 6.07) is -1.49. The van der Waals surface area contributed by atoms with Gasteiger partial charge in [0.05, 0.1) is 28.0 Å². The van der Waals surface area contributed by atoms with E-state index in [2.05, 4.69) is 30.8 Å². The number of ketones is 1. The molecule has 2 saturated carbocycles. The number of rotatable bonds is 5. The van der Waals surface area contributed by atoms with Gasteiger partial charge in [-0.2, -0.15) is 0 Å². The van der Waals surface area contributed by atoms with E-state index in [4.69, 9.17) is 4.98 Å². The van der Waals surface area contributed by atoms with Gasteiger partial charge in [0.1, 0.15) is 6.04 Å². The summed E-state index contributed by atoms with van der Waals surface area (Å²) in [5.74, 6) is -1.47. The zero-order chi connectivity index (χ0) is 30.5. The number of hydrogen-bond donors (Lipinski definition) is 3. The number of thiazole rings is 1. The van der Waals surface area contributed by atoms with Crippen LogP contribution in [0.5, 0.6) is 0 Å². The van der Waals surface area contributed by atoms with Crippen molar-refractivity contribution in [2.75, 3.05) is 11.9 Å². The van der Waals surface area contributed by atoms with Gasteiger partial charge in [0.15, 0.2) is 10.9 Å². The largest absolute Gasteiger partial charge is 0.391 e. The number of carbonyl (C=O) groups excluding carboxylic acids is 3. The number of anilines is 1. The van der Waals surface area contributed by atoms with Crippen LogP contribution in [0.15, 0.2) is 17.5 Å². The van der Waals surface area contributed by atoms with Crippen LogP contribution in [0.4, 0.5) is 5.13 Å². The Labute approximate surface area is 252 Å². The Morgan fingerprint density at radius 3 is 2.60 bits per heavy atom. The van der Waals surface area contributed by atoms with Gasteiger partial charge in [-0.3, -0.25) is 19.1 Å². The van der Waals surface area contributed by atoms with Crippen LogP contribution in [-0.4, -0.2) is 70.5 Å². The molecule has 1 aromatic rings. The van der Waals surface area contributed by atoms with Gasteiger partial charge in [0.25, 0.3) is 0 Å². The molecule has 3 fully saturated rings. The number of sulfonamides is 1. The highest BCUT2D eigenvalue weighted by atomic mass is 32.2. The zero-order valence-corrected chi connectivity index (χ0v) is 26.7. The fraction of sp³-hybridized carbons (Fsp3) is 0.733. The summed E-state index contributed by atoms with van der Waals surface area (Å²) in [6.07, 6.45) is 8.37. The average molecular weight is 621 g/mol. The number of Topliss-reactive ketones (excluding diaryl/α,β-unsaturated/α-hetero) is 1. The van der Waals surface area contributed by atoms with E-state index < -0.39 is 44.3 Å².